The highest BCUT2D eigenvalue weighted by Gasteiger charge is 2.30. The van der Waals surface area contributed by atoms with Crippen molar-refractivity contribution in [3.8, 4) is 5.69 Å². The molecule has 158 valence electrons. The molecule has 1 aromatic heterocycles. The fourth-order valence-corrected chi connectivity index (χ4v) is 3.11. The van der Waals surface area contributed by atoms with Crippen molar-refractivity contribution < 1.29 is 22.7 Å². The maximum Gasteiger partial charge on any atom is 0.416 e. The van der Waals surface area contributed by atoms with Crippen molar-refractivity contribution in [2.75, 3.05) is 31.1 Å². The molecule has 0 N–H and O–H groups in total. The SMILES string of the molecule is Cc1cc(N2CCN(C(=O)OC(C)(C)C)CC2)nn1-c1ccc(C(F)(F)F)cc1. The number of nitrogens with zero attached hydrogens (tertiary/aromatic N) is 4. The molecular formula is C20H25F3N4O2. The molecule has 1 aliphatic heterocycles. The Bertz CT molecular complexity index is 861. The number of halogens is 3. The zero-order valence-electron chi connectivity index (χ0n) is 17.0. The van der Waals surface area contributed by atoms with E-state index in [9.17, 15) is 18.0 Å². The molecule has 0 radical (unpaired) electrons. The molecular weight excluding hydrogens is 385 g/mol. The molecule has 1 saturated heterocycles. The Morgan fingerprint density at radius 3 is 2.14 bits per heavy atom. The van der Waals surface area contributed by atoms with E-state index >= 15 is 0 Å². The first-order chi connectivity index (χ1) is 13.4. The number of carbonyl (C=O) groups is 1. The van der Waals surface area contributed by atoms with E-state index in [4.69, 9.17) is 4.74 Å². The van der Waals surface area contributed by atoms with Gasteiger partial charge in [-0.3, -0.25) is 0 Å². The average Bonchev–Trinajstić information content (AvgIpc) is 3.01. The average molecular weight is 410 g/mol. The number of hydrogen-bond donors (Lipinski definition) is 0. The summed E-state index contributed by atoms with van der Waals surface area (Å²) in [6, 6.07) is 6.81. The van der Waals surface area contributed by atoms with Crippen molar-refractivity contribution in [3.63, 3.8) is 0 Å². The van der Waals surface area contributed by atoms with Gasteiger partial charge in [-0.1, -0.05) is 0 Å². The first-order valence-electron chi connectivity index (χ1n) is 9.41. The maximum atomic E-state index is 12.8. The molecule has 2 heterocycles. The largest absolute Gasteiger partial charge is 0.444 e. The Balaban J connectivity index is 1.68. The molecule has 0 atom stereocenters. The summed E-state index contributed by atoms with van der Waals surface area (Å²) in [5.74, 6) is 0.728. The summed E-state index contributed by atoms with van der Waals surface area (Å²) in [7, 11) is 0. The van der Waals surface area contributed by atoms with E-state index in [0.29, 0.717) is 31.9 Å². The minimum atomic E-state index is -4.36. The second kappa shape index (κ2) is 7.61. The highest BCUT2D eigenvalue weighted by molar-refractivity contribution is 5.68. The van der Waals surface area contributed by atoms with E-state index in [0.717, 1.165) is 23.6 Å². The first-order valence-corrected chi connectivity index (χ1v) is 9.41. The number of hydrogen-bond acceptors (Lipinski definition) is 4. The molecule has 0 spiro atoms. The Morgan fingerprint density at radius 2 is 1.62 bits per heavy atom. The van der Waals surface area contributed by atoms with Gasteiger partial charge in [0, 0.05) is 37.9 Å². The van der Waals surface area contributed by atoms with E-state index in [2.05, 4.69) is 10.00 Å². The number of rotatable bonds is 2. The van der Waals surface area contributed by atoms with Gasteiger partial charge in [0.25, 0.3) is 0 Å². The predicted molar refractivity (Wildman–Crippen MR) is 103 cm³/mol. The summed E-state index contributed by atoms with van der Waals surface area (Å²) < 4.78 is 45.3. The lowest BCUT2D eigenvalue weighted by Gasteiger charge is -2.35. The fraction of sp³-hybridized carbons (Fsp3) is 0.500. The van der Waals surface area contributed by atoms with Gasteiger partial charge < -0.3 is 14.5 Å². The third-order valence-electron chi connectivity index (χ3n) is 4.57. The highest BCUT2D eigenvalue weighted by atomic mass is 19.4. The summed E-state index contributed by atoms with van der Waals surface area (Å²) in [5, 5.41) is 4.55. The van der Waals surface area contributed by atoms with Gasteiger partial charge in [0.1, 0.15) is 5.60 Å². The van der Waals surface area contributed by atoms with E-state index in [1.165, 1.54) is 12.1 Å². The molecule has 3 rings (SSSR count). The van der Waals surface area contributed by atoms with Crippen LogP contribution in [-0.2, 0) is 10.9 Å². The number of alkyl halides is 3. The Kier molecular flexibility index (Phi) is 5.51. The van der Waals surface area contributed by atoms with Crippen LogP contribution >= 0.6 is 0 Å². The van der Waals surface area contributed by atoms with Crippen molar-refractivity contribution in [2.24, 2.45) is 0 Å². The molecule has 0 unspecified atom stereocenters. The van der Waals surface area contributed by atoms with E-state index in [1.54, 1.807) is 9.58 Å². The van der Waals surface area contributed by atoms with Crippen LogP contribution in [0.15, 0.2) is 30.3 Å². The number of benzene rings is 1. The van der Waals surface area contributed by atoms with E-state index in [-0.39, 0.29) is 6.09 Å². The standard InChI is InChI=1S/C20H25F3N4O2/c1-14-13-17(24-27(14)16-7-5-15(6-8-16)20(21,22)23)25-9-11-26(12-10-25)18(28)29-19(2,3)4/h5-8,13H,9-12H2,1-4H3. The third-order valence-corrected chi connectivity index (χ3v) is 4.57. The second-order valence-corrected chi connectivity index (χ2v) is 8.05. The van der Waals surface area contributed by atoms with Crippen LogP contribution in [0.2, 0.25) is 0 Å². The lowest BCUT2D eigenvalue weighted by atomic mass is 10.2. The molecule has 6 nitrogen and oxygen atoms in total. The van der Waals surface area contributed by atoms with Crippen molar-refractivity contribution >= 4 is 11.9 Å². The van der Waals surface area contributed by atoms with Crippen LogP contribution in [0.4, 0.5) is 23.8 Å². The number of aromatic nitrogens is 2. The molecule has 2 aromatic rings. The molecule has 1 fully saturated rings. The Labute approximate surface area is 167 Å². The van der Waals surface area contributed by atoms with Crippen LogP contribution in [0.3, 0.4) is 0 Å². The summed E-state index contributed by atoms with van der Waals surface area (Å²) in [6.45, 7) is 9.58. The summed E-state index contributed by atoms with van der Waals surface area (Å²) in [6.07, 6.45) is -4.69. The summed E-state index contributed by atoms with van der Waals surface area (Å²) >= 11 is 0. The van der Waals surface area contributed by atoms with Gasteiger partial charge in [0.15, 0.2) is 5.82 Å². The smallest absolute Gasteiger partial charge is 0.416 e. The van der Waals surface area contributed by atoms with Crippen molar-refractivity contribution in [1.82, 2.24) is 14.7 Å². The van der Waals surface area contributed by atoms with E-state index < -0.39 is 17.3 Å². The minimum absolute atomic E-state index is 0.330. The van der Waals surface area contributed by atoms with Crippen LogP contribution in [0.25, 0.3) is 5.69 Å². The third kappa shape index (κ3) is 5.02. The molecule has 9 heteroatoms. The maximum absolute atomic E-state index is 12.8. The molecule has 1 aromatic carbocycles. The van der Waals surface area contributed by atoms with Gasteiger partial charge in [-0.05, 0) is 52.0 Å². The first kappa shape index (κ1) is 21.0. The fourth-order valence-electron chi connectivity index (χ4n) is 3.11. The van der Waals surface area contributed by atoms with Gasteiger partial charge in [-0.25, -0.2) is 9.48 Å². The van der Waals surface area contributed by atoms with Gasteiger partial charge in [0.2, 0.25) is 0 Å². The second-order valence-electron chi connectivity index (χ2n) is 8.05. The molecule has 0 bridgehead atoms. The Morgan fingerprint density at radius 1 is 1.03 bits per heavy atom. The van der Waals surface area contributed by atoms with Crippen molar-refractivity contribution in [3.05, 3.63) is 41.6 Å². The van der Waals surface area contributed by atoms with Crippen LogP contribution in [0, 0.1) is 6.92 Å². The minimum Gasteiger partial charge on any atom is -0.444 e. The van der Waals surface area contributed by atoms with Crippen molar-refractivity contribution in [1.29, 1.82) is 0 Å². The number of ether oxygens (including phenoxy) is 1. The summed E-state index contributed by atoms with van der Waals surface area (Å²) in [4.78, 5) is 15.9. The number of piperazine rings is 1. The normalized spacial score (nSPS) is 15.6. The lowest BCUT2D eigenvalue weighted by molar-refractivity contribution is -0.137. The van der Waals surface area contributed by atoms with Gasteiger partial charge in [0.05, 0.1) is 11.3 Å². The van der Waals surface area contributed by atoms with Crippen LogP contribution in [-0.4, -0.2) is 52.6 Å². The van der Waals surface area contributed by atoms with Crippen LogP contribution in [0.5, 0.6) is 0 Å². The van der Waals surface area contributed by atoms with Gasteiger partial charge in [-0.15, -0.1) is 0 Å². The van der Waals surface area contributed by atoms with Gasteiger partial charge >= 0.3 is 12.3 Å². The zero-order valence-corrected chi connectivity index (χ0v) is 17.0. The number of amides is 1. The van der Waals surface area contributed by atoms with Crippen molar-refractivity contribution in [2.45, 2.75) is 39.5 Å². The van der Waals surface area contributed by atoms with Gasteiger partial charge in [-0.2, -0.15) is 18.3 Å². The molecule has 29 heavy (non-hydrogen) atoms. The molecule has 0 aliphatic carbocycles. The molecule has 1 amide bonds. The molecule has 0 saturated carbocycles. The monoisotopic (exact) mass is 410 g/mol. The number of anilines is 1. The highest BCUT2D eigenvalue weighted by Crippen LogP contribution is 2.30. The quantitative estimate of drug-likeness (QED) is 0.743. The van der Waals surface area contributed by atoms with Crippen LogP contribution < -0.4 is 4.90 Å². The Hall–Kier alpha value is -2.71. The van der Waals surface area contributed by atoms with E-state index in [1.807, 2.05) is 33.8 Å². The summed E-state index contributed by atoms with van der Waals surface area (Å²) in [5.41, 5.74) is 0.152. The lowest BCUT2D eigenvalue weighted by Crippen LogP contribution is -2.50. The molecule has 1 aliphatic rings. The number of carbonyl (C=O) groups excluding carboxylic acids is 1. The van der Waals surface area contributed by atoms with Crippen LogP contribution in [0.1, 0.15) is 32.0 Å². The topological polar surface area (TPSA) is 50.6 Å². The zero-order chi connectivity index (χ0) is 21.4. The number of aryl methyl sites for hydroxylation is 1. The predicted octanol–water partition coefficient (Wildman–Crippen LogP) is 4.26.